The Labute approximate surface area is 162 Å². The van der Waals surface area contributed by atoms with Crippen LogP contribution in [0.5, 0.6) is 17.2 Å². The van der Waals surface area contributed by atoms with E-state index in [1.165, 1.54) is 22.3 Å². The Bertz CT molecular complexity index is 813. The van der Waals surface area contributed by atoms with Crippen LogP contribution in [0.3, 0.4) is 0 Å². The zero-order valence-corrected chi connectivity index (χ0v) is 17.2. The molecule has 27 heavy (non-hydrogen) atoms. The van der Waals surface area contributed by atoms with Gasteiger partial charge < -0.3 is 18.9 Å². The van der Waals surface area contributed by atoms with E-state index < -0.39 is 0 Å². The van der Waals surface area contributed by atoms with Gasteiger partial charge in [-0.2, -0.15) is 0 Å². The molecule has 4 nitrogen and oxygen atoms in total. The average molecular weight is 370 g/mol. The molecule has 0 unspecified atom stereocenters. The molecule has 0 aromatic heterocycles. The summed E-state index contributed by atoms with van der Waals surface area (Å²) in [6.07, 6.45) is 2.41. The van der Waals surface area contributed by atoms with Crippen molar-refractivity contribution in [1.29, 1.82) is 0 Å². The summed E-state index contributed by atoms with van der Waals surface area (Å²) in [7, 11) is 5.09. The van der Waals surface area contributed by atoms with Crippen LogP contribution < -0.4 is 14.2 Å². The van der Waals surface area contributed by atoms with Gasteiger partial charge in [-0.1, -0.05) is 13.0 Å². The lowest BCUT2D eigenvalue weighted by atomic mass is 9.78. The zero-order chi connectivity index (χ0) is 19.6. The fourth-order valence-electron chi connectivity index (χ4n) is 4.12. The number of ether oxygens (including phenoxy) is 4. The maximum Gasteiger partial charge on any atom is 0.161 e. The summed E-state index contributed by atoms with van der Waals surface area (Å²) in [6.45, 7) is 7.06. The highest BCUT2D eigenvalue weighted by atomic mass is 16.5. The van der Waals surface area contributed by atoms with Crippen LogP contribution in [-0.4, -0.2) is 21.3 Å². The van der Waals surface area contributed by atoms with Crippen molar-refractivity contribution in [2.45, 2.75) is 46.3 Å². The van der Waals surface area contributed by atoms with Crippen molar-refractivity contribution in [2.75, 3.05) is 21.3 Å². The van der Waals surface area contributed by atoms with Crippen LogP contribution in [0.1, 0.15) is 47.3 Å². The lowest BCUT2D eigenvalue weighted by molar-refractivity contribution is 0.0470. The van der Waals surface area contributed by atoms with Gasteiger partial charge in [0.05, 0.1) is 20.3 Å². The molecule has 0 spiro atoms. The first kappa shape index (κ1) is 19.6. The van der Waals surface area contributed by atoms with Gasteiger partial charge in [-0.25, -0.2) is 0 Å². The van der Waals surface area contributed by atoms with E-state index in [9.17, 15) is 0 Å². The predicted octanol–water partition coefficient (Wildman–Crippen LogP) is 5.17. The third kappa shape index (κ3) is 3.77. The van der Waals surface area contributed by atoms with Gasteiger partial charge in [0.15, 0.2) is 11.5 Å². The molecule has 0 bridgehead atoms. The SMILES string of the molecule is COc1ccc(COc2cc(C)c3c(c2C)[C@H](OC)[C@H](C)CC3)cc1OC. The minimum Gasteiger partial charge on any atom is -0.493 e. The van der Waals surface area contributed by atoms with Gasteiger partial charge in [-0.3, -0.25) is 0 Å². The van der Waals surface area contributed by atoms with Crippen LogP contribution in [0.4, 0.5) is 0 Å². The van der Waals surface area contributed by atoms with Crippen LogP contribution in [0.15, 0.2) is 24.3 Å². The van der Waals surface area contributed by atoms with Gasteiger partial charge in [-0.15, -0.1) is 0 Å². The number of aryl methyl sites for hydroxylation is 1. The summed E-state index contributed by atoms with van der Waals surface area (Å²) in [6, 6.07) is 8.03. The summed E-state index contributed by atoms with van der Waals surface area (Å²) in [5.74, 6) is 2.88. The highest BCUT2D eigenvalue weighted by molar-refractivity contribution is 5.51. The molecule has 146 valence electrons. The molecule has 0 saturated carbocycles. The van der Waals surface area contributed by atoms with E-state index in [2.05, 4.69) is 26.8 Å². The van der Waals surface area contributed by atoms with E-state index >= 15 is 0 Å². The maximum atomic E-state index is 6.22. The first-order valence-electron chi connectivity index (χ1n) is 9.49. The molecule has 0 saturated heterocycles. The molecule has 2 aromatic carbocycles. The first-order valence-corrected chi connectivity index (χ1v) is 9.49. The number of fused-ring (bicyclic) bond motifs is 1. The third-order valence-corrected chi connectivity index (χ3v) is 5.67. The number of methoxy groups -OCH3 is 3. The lowest BCUT2D eigenvalue weighted by Crippen LogP contribution is -2.22. The second-order valence-electron chi connectivity index (χ2n) is 7.36. The molecule has 0 amide bonds. The summed E-state index contributed by atoms with van der Waals surface area (Å²) >= 11 is 0. The van der Waals surface area contributed by atoms with Gasteiger partial charge in [-0.05, 0) is 78.6 Å². The molecule has 0 fully saturated rings. The number of benzene rings is 2. The number of hydrogen-bond acceptors (Lipinski definition) is 4. The Balaban J connectivity index is 1.88. The van der Waals surface area contributed by atoms with E-state index in [4.69, 9.17) is 18.9 Å². The summed E-state index contributed by atoms with van der Waals surface area (Å²) in [5, 5.41) is 0. The second-order valence-corrected chi connectivity index (χ2v) is 7.36. The molecule has 2 atom stereocenters. The van der Waals surface area contributed by atoms with E-state index in [1.54, 1.807) is 14.2 Å². The van der Waals surface area contributed by atoms with Gasteiger partial charge in [0.1, 0.15) is 12.4 Å². The minimum atomic E-state index is 0.136. The quantitative estimate of drug-likeness (QED) is 0.703. The molecule has 0 heterocycles. The van der Waals surface area contributed by atoms with Crippen molar-refractivity contribution in [2.24, 2.45) is 5.92 Å². The molecule has 0 N–H and O–H groups in total. The Morgan fingerprint density at radius 3 is 2.37 bits per heavy atom. The van der Waals surface area contributed by atoms with Crippen molar-refractivity contribution in [3.63, 3.8) is 0 Å². The van der Waals surface area contributed by atoms with Crippen LogP contribution in [0, 0.1) is 19.8 Å². The van der Waals surface area contributed by atoms with Crippen molar-refractivity contribution in [1.82, 2.24) is 0 Å². The van der Waals surface area contributed by atoms with E-state index in [-0.39, 0.29) is 6.10 Å². The summed E-state index contributed by atoms with van der Waals surface area (Å²) < 4.78 is 22.8. The van der Waals surface area contributed by atoms with Crippen molar-refractivity contribution < 1.29 is 18.9 Å². The van der Waals surface area contributed by atoms with E-state index in [1.807, 2.05) is 25.3 Å². The molecule has 2 aromatic rings. The molecule has 4 heteroatoms. The molecule has 1 aliphatic carbocycles. The molecular formula is C23H30O4. The van der Waals surface area contributed by atoms with Crippen molar-refractivity contribution >= 4 is 0 Å². The largest absolute Gasteiger partial charge is 0.493 e. The highest BCUT2D eigenvalue weighted by Gasteiger charge is 2.30. The van der Waals surface area contributed by atoms with Crippen molar-refractivity contribution in [3.8, 4) is 17.2 Å². The topological polar surface area (TPSA) is 36.9 Å². The normalized spacial score (nSPS) is 18.7. The van der Waals surface area contributed by atoms with Crippen LogP contribution in [-0.2, 0) is 17.8 Å². The zero-order valence-electron chi connectivity index (χ0n) is 17.2. The van der Waals surface area contributed by atoms with Crippen molar-refractivity contribution in [3.05, 3.63) is 52.1 Å². The second kappa shape index (κ2) is 8.22. The van der Waals surface area contributed by atoms with Crippen LogP contribution >= 0.6 is 0 Å². The average Bonchev–Trinajstić information content (AvgIpc) is 2.68. The fraction of sp³-hybridized carbons (Fsp3) is 0.478. The van der Waals surface area contributed by atoms with Gasteiger partial charge in [0.2, 0.25) is 0 Å². The number of rotatable bonds is 6. The Kier molecular flexibility index (Phi) is 5.95. The van der Waals surface area contributed by atoms with Crippen LogP contribution in [0.2, 0.25) is 0 Å². The third-order valence-electron chi connectivity index (χ3n) is 5.67. The number of hydrogen-bond donors (Lipinski definition) is 0. The molecule has 0 aliphatic heterocycles. The summed E-state index contributed by atoms with van der Waals surface area (Å²) in [4.78, 5) is 0. The Hall–Kier alpha value is -2.20. The Morgan fingerprint density at radius 1 is 0.963 bits per heavy atom. The monoisotopic (exact) mass is 370 g/mol. The van der Waals surface area contributed by atoms with Gasteiger partial charge >= 0.3 is 0 Å². The standard InChI is InChI=1S/C23H30O4/c1-14-7-9-18-15(2)11-20(16(3)22(18)23(14)26-6)27-13-17-8-10-19(24-4)21(12-17)25-5/h8,10-12,14,23H,7,9,13H2,1-6H3/t14-,23-/m1/s1. The molecule has 1 aliphatic rings. The first-order chi connectivity index (χ1) is 13.0. The summed E-state index contributed by atoms with van der Waals surface area (Å²) in [5.41, 5.74) is 6.26. The van der Waals surface area contributed by atoms with E-state index in [0.29, 0.717) is 18.3 Å². The maximum absolute atomic E-state index is 6.22. The van der Waals surface area contributed by atoms with Gasteiger partial charge in [0, 0.05) is 7.11 Å². The highest BCUT2D eigenvalue weighted by Crippen LogP contribution is 2.43. The van der Waals surface area contributed by atoms with Crippen LogP contribution in [0.25, 0.3) is 0 Å². The molecule has 0 radical (unpaired) electrons. The Morgan fingerprint density at radius 2 is 1.70 bits per heavy atom. The minimum absolute atomic E-state index is 0.136. The smallest absolute Gasteiger partial charge is 0.161 e. The fourth-order valence-corrected chi connectivity index (χ4v) is 4.12. The molecular weight excluding hydrogens is 340 g/mol. The van der Waals surface area contributed by atoms with E-state index in [0.717, 1.165) is 29.9 Å². The van der Waals surface area contributed by atoms with Gasteiger partial charge in [0.25, 0.3) is 0 Å². The predicted molar refractivity (Wildman–Crippen MR) is 107 cm³/mol. The molecule has 3 rings (SSSR count). The lowest BCUT2D eigenvalue weighted by Gasteiger charge is -2.33.